The van der Waals surface area contributed by atoms with Crippen LogP contribution < -0.4 is 0 Å². The minimum Gasteiger partial charge on any atom is -0.358 e. The van der Waals surface area contributed by atoms with Gasteiger partial charge < -0.3 is 9.88 Å². The largest absolute Gasteiger partial charge is 0.358 e. The third-order valence-corrected chi connectivity index (χ3v) is 4.80. The average Bonchev–Trinajstić information content (AvgIpc) is 3.19. The summed E-state index contributed by atoms with van der Waals surface area (Å²) < 4.78 is 2.75. The lowest BCUT2D eigenvalue weighted by molar-refractivity contribution is -0.132. The highest BCUT2D eigenvalue weighted by atomic mass is 79.9. The normalized spacial score (nSPS) is 14.2. The van der Waals surface area contributed by atoms with E-state index in [-0.39, 0.29) is 5.91 Å². The van der Waals surface area contributed by atoms with Crippen LogP contribution in [0.5, 0.6) is 0 Å². The van der Waals surface area contributed by atoms with E-state index < -0.39 is 0 Å². The summed E-state index contributed by atoms with van der Waals surface area (Å²) in [6.45, 7) is 2.00. The molecule has 3 aromatic rings. The number of halogens is 1. The Balaban J connectivity index is 1.52. The van der Waals surface area contributed by atoms with Gasteiger partial charge in [-0.2, -0.15) is 5.10 Å². The fourth-order valence-electron chi connectivity index (χ4n) is 3.12. The Morgan fingerprint density at radius 2 is 2.30 bits per heavy atom. The lowest BCUT2D eigenvalue weighted by atomic mass is 10.0. The molecule has 0 fully saturated rings. The van der Waals surface area contributed by atoms with Crippen LogP contribution in [0.25, 0.3) is 10.9 Å². The summed E-state index contributed by atoms with van der Waals surface area (Å²) in [4.78, 5) is 21.8. The molecule has 7 heteroatoms. The Bertz CT molecular complexity index is 855. The molecule has 3 heterocycles. The van der Waals surface area contributed by atoms with Crippen LogP contribution in [0.15, 0.2) is 35.3 Å². The Morgan fingerprint density at radius 3 is 3.13 bits per heavy atom. The number of benzene rings is 1. The number of nitrogens with zero attached hydrogens (tertiary/aromatic N) is 4. The van der Waals surface area contributed by atoms with E-state index in [1.54, 1.807) is 11.0 Å². The van der Waals surface area contributed by atoms with Gasteiger partial charge in [0.05, 0.1) is 6.54 Å². The number of carbonyl (C=O) groups is 1. The minimum atomic E-state index is 0.162. The summed E-state index contributed by atoms with van der Waals surface area (Å²) in [6.07, 6.45) is 4.45. The molecule has 23 heavy (non-hydrogen) atoms. The van der Waals surface area contributed by atoms with Gasteiger partial charge in [0.25, 0.3) is 0 Å². The summed E-state index contributed by atoms with van der Waals surface area (Å²) in [7, 11) is 0. The summed E-state index contributed by atoms with van der Waals surface area (Å²) in [6, 6.07) is 6.23. The van der Waals surface area contributed by atoms with Gasteiger partial charge in [0, 0.05) is 52.6 Å². The number of hydrogen-bond donors (Lipinski definition) is 1. The number of aromatic nitrogens is 4. The number of H-pyrrole nitrogens is 1. The maximum Gasteiger partial charge on any atom is 0.224 e. The number of carbonyl (C=O) groups excluding carboxylic acids is 1. The van der Waals surface area contributed by atoms with E-state index in [1.165, 1.54) is 23.0 Å². The van der Waals surface area contributed by atoms with Gasteiger partial charge in [0.2, 0.25) is 5.91 Å². The number of hydrogen-bond acceptors (Lipinski definition) is 3. The van der Waals surface area contributed by atoms with Crippen LogP contribution in [0.4, 0.5) is 0 Å². The van der Waals surface area contributed by atoms with Crippen LogP contribution in [0.3, 0.4) is 0 Å². The monoisotopic (exact) mass is 373 g/mol. The molecule has 4 rings (SSSR count). The van der Waals surface area contributed by atoms with Gasteiger partial charge in [-0.05, 0) is 18.2 Å². The topological polar surface area (TPSA) is 66.8 Å². The Kier molecular flexibility index (Phi) is 3.65. The second kappa shape index (κ2) is 5.81. The zero-order valence-corrected chi connectivity index (χ0v) is 14.1. The van der Waals surface area contributed by atoms with Crippen molar-refractivity contribution in [3.8, 4) is 0 Å². The lowest BCUT2D eigenvalue weighted by Gasteiger charge is -2.27. The molecule has 1 amide bonds. The zero-order valence-electron chi connectivity index (χ0n) is 12.5. The third kappa shape index (κ3) is 2.76. The van der Waals surface area contributed by atoms with Crippen molar-refractivity contribution in [1.29, 1.82) is 0 Å². The van der Waals surface area contributed by atoms with E-state index in [4.69, 9.17) is 0 Å². The van der Waals surface area contributed by atoms with Crippen LogP contribution >= 0.6 is 15.9 Å². The number of fused-ring (bicyclic) bond motifs is 3. The highest BCUT2D eigenvalue weighted by molar-refractivity contribution is 9.10. The standard InChI is InChI=1S/C16H16BrN5O/c17-11-1-2-14-12(7-11)13-8-21(5-3-15(13)20-14)16(23)4-6-22-10-18-9-19-22/h1-2,7,9-10,20H,3-6,8H2. The van der Waals surface area contributed by atoms with E-state index in [2.05, 4.69) is 43.1 Å². The smallest absolute Gasteiger partial charge is 0.224 e. The SMILES string of the molecule is O=C(CCn1cncn1)N1CCc2[nH]c3ccc(Br)cc3c2C1. The van der Waals surface area contributed by atoms with Gasteiger partial charge in [-0.3, -0.25) is 9.48 Å². The van der Waals surface area contributed by atoms with Crippen LogP contribution in [0.2, 0.25) is 0 Å². The molecule has 0 unspecified atom stereocenters. The van der Waals surface area contributed by atoms with Crippen LogP contribution in [-0.2, 0) is 24.3 Å². The van der Waals surface area contributed by atoms with Crippen LogP contribution in [0.1, 0.15) is 17.7 Å². The van der Waals surface area contributed by atoms with E-state index >= 15 is 0 Å². The molecule has 1 aromatic carbocycles. The lowest BCUT2D eigenvalue weighted by Crippen LogP contribution is -2.36. The van der Waals surface area contributed by atoms with Gasteiger partial charge in [-0.25, -0.2) is 4.98 Å². The first-order chi connectivity index (χ1) is 11.2. The molecular formula is C16H16BrN5O. The predicted molar refractivity (Wildman–Crippen MR) is 89.8 cm³/mol. The Morgan fingerprint density at radius 1 is 1.39 bits per heavy atom. The summed E-state index contributed by atoms with van der Waals surface area (Å²) in [5.74, 6) is 0.162. The van der Waals surface area contributed by atoms with Gasteiger partial charge in [0.1, 0.15) is 12.7 Å². The predicted octanol–water partition coefficient (Wildman–Crippen LogP) is 2.50. The number of nitrogens with one attached hydrogen (secondary N) is 1. The maximum atomic E-state index is 12.5. The second-order valence-electron chi connectivity index (χ2n) is 5.75. The van der Waals surface area contributed by atoms with Crippen molar-refractivity contribution in [3.63, 3.8) is 0 Å². The summed E-state index contributed by atoms with van der Waals surface area (Å²) in [5, 5.41) is 5.23. The molecule has 0 saturated heterocycles. The first-order valence-electron chi connectivity index (χ1n) is 7.60. The van der Waals surface area contributed by atoms with Crippen molar-refractivity contribution in [2.75, 3.05) is 6.54 Å². The summed E-state index contributed by atoms with van der Waals surface area (Å²) >= 11 is 3.53. The second-order valence-corrected chi connectivity index (χ2v) is 6.66. The highest BCUT2D eigenvalue weighted by Crippen LogP contribution is 2.30. The molecule has 1 N–H and O–H groups in total. The van der Waals surface area contributed by atoms with Crippen molar-refractivity contribution in [1.82, 2.24) is 24.6 Å². The van der Waals surface area contributed by atoms with Gasteiger partial charge in [-0.1, -0.05) is 15.9 Å². The fourth-order valence-corrected chi connectivity index (χ4v) is 3.48. The third-order valence-electron chi connectivity index (χ3n) is 4.31. The quantitative estimate of drug-likeness (QED) is 0.766. The molecule has 0 bridgehead atoms. The van der Waals surface area contributed by atoms with E-state index in [9.17, 15) is 4.79 Å². The number of aromatic amines is 1. The molecule has 0 radical (unpaired) electrons. The fraction of sp³-hybridized carbons (Fsp3) is 0.312. The van der Waals surface area contributed by atoms with Crippen molar-refractivity contribution in [2.45, 2.75) is 25.9 Å². The molecule has 1 aliphatic rings. The molecule has 0 aliphatic carbocycles. The minimum absolute atomic E-state index is 0.162. The summed E-state index contributed by atoms with van der Waals surface area (Å²) in [5.41, 5.74) is 3.62. The van der Waals surface area contributed by atoms with Crippen LogP contribution in [-0.4, -0.2) is 37.1 Å². The molecule has 0 atom stereocenters. The van der Waals surface area contributed by atoms with E-state index in [0.717, 1.165) is 23.0 Å². The first-order valence-corrected chi connectivity index (χ1v) is 8.39. The van der Waals surface area contributed by atoms with Crippen LogP contribution in [0, 0.1) is 0 Å². The van der Waals surface area contributed by atoms with Gasteiger partial charge >= 0.3 is 0 Å². The first kappa shape index (κ1) is 14.4. The van der Waals surface area contributed by atoms with Crippen molar-refractivity contribution >= 4 is 32.7 Å². The molecule has 2 aromatic heterocycles. The molecule has 6 nitrogen and oxygen atoms in total. The number of rotatable bonds is 3. The molecule has 118 valence electrons. The molecule has 1 aliphatic heterocycles. The molecular weight excluding hydrogens is 358 g/mol. The van der Waals surface area contributed by atoms with E-state index in [1.807, 2.05) is 11.0 Å². The highest BCUT2D eigenvalue weighted by Gasteiger charge is 2.23. The zero-order chi connectivity index (χ0) is 15.8. The Hall–Kier alpha value is -2.15. The Labute approximate surface area is 141 Å². The average molecular weight is 374 g/mol. The maximum absolute atomic E-state index is 12.5. The molecule has 0 spiro atoms. The molecule has 0 saturated carbocycles. The number of aryl methyl sites for hydroxylation is 1. The van der Waals surface area contributed by atoms with Crippen molar-refractivity contribution in [2.24, 2.45) is 0 Å². The van der Waals surface area contributed by atoms with Gasteiger partial charge in [0.15, 0.2) is 0 Å². The number of amides is 1. The van der Waals surface area contributed by atoms with Gasteiger partial charge in [-0.15, -0.1) is 0 Å². The van der Waals surface area contributed by atoms with Crippen molar-refractivity contribution in [3.05, 3.63) is 46.6 Å². The van der Waals surface area contributed by atoms with Crippen molar-refractivity contribution < 1.29 is 4.79 Å². The van der Waals surface area contributed by atoms with E-state index in [0.29, 0.717) is 19.5 Å².